The Balaban J connectivity index is 2.25. The highest BCUT2D eigenvalue weighted by molar-refractivity contribution is 5.35. The van der Waals surface area contributed by atoms with E-state index >= 15 is 0 Å². The van der Waals surface area contributed by atoms with Gasteiger partial charge in [-0.1, -0.05) is 44.0 Å². The predicted octanol–water partition coefficient (Wildman–Crippen LogP) is 6.75. The van der Waals surface area contributed by atoms with Crippen molar-refractivity contribution in [1.29, 1.82) is 0 Å². The Kier molecular flexibility index (Phi) is 5.87. The van der Waals surface area contributed by atoms with Gasteiger partial charge in [0.1, 0.15) is 0 Å². The summed E-state index contributed by atoms with van der Waals surface area (Å²) in [5.41, 5.74) is -0.668. The summed E-state index contributed by atoms with van der Waals surface area (Å²) >= 11 is 0. The second-order valence-electron chi connectivity index (χ2n) is 6.62. The third-order valence-corrected chi connectivity index (χ3v) is 4.91. The molecule has 24 heavy (non-hydrogen) atoms. The first-order valence-electron chi connectivity index (χ1n) is 8.35. The summed E-state index contributed by atoms with van der Waals surface area (Å²) in [5.74, 6) is -4.27. The zero-order valence-electron chi connectivity index (χ0n) is 13.6. The topological polar surface area (TPSA) is 0 Å². The fourth-order valence-electron chi connectivity index (χ4n) is 3.67. The van der Waals surface area contributed by atoms with Crippen LogP contribution in [-0.2, 0) is 5.92 Å². The van der Waals surface area contributed by atoms with Gasteiger partial charge in [0.25, 0.3) is 6.17 Å². The van der Waals surface area contributed by atoms with Crippen LogP contribution in [-0.4, -0.2) is 12.3 Å². The normalized spacial score (nSPS) is 24.0. The van der Waals surface area contributed by atoms with E-state index in [9.17, 15) is 26.3 Å². The van der Waals surface area contributed by atoms with Crippen LogP contribution < -0.4 is 0 Å². The molecule has 0 saturated heterocycles. The van der Waals surface area contributed by atoms with Crippen LogP contribution >= 0.6 is 0 Å². The van der Waals surface area contributed by atoms with Gasteiger partial charge in [0.2, 0.25) is 0 Å². The van der Waals surface area contributed by atoms with Crippen molar-refractivity contribution in [2.24, 2.45) is 5.92 Å². The van der Waals surface area contributed by atoms with E-state index in [1.807, 2.05) is 0 Å². The van der Waals surface area contributed by atoms with E-state index in [1.165, 1.54) is 18.2 Å². The second kappa shape index (κ2) is 7.36. The predicted molar refractivity (Wildman–Crippen MR) is 80.9 cm³/mol. The molecule has 1 unspecified atom stereocenters. The van der Waals surface area contributed by atoms with Gasteiger partial charge in [0.05, 0.1) is 0 Å². The van der Waals surface area contributed by atoms with Crippen LogP contribution in [0.3, 0.4) is 0 Å². The molecule has 0 bridgehead atoms. The van der Waals surface area contributed by atoms with E-state index in [1.54, 1.807) is 0 Å². The second-order valence-corrected chi connectivity index (χ2v) is 6.62. The minimum Gasteiger partial charge on any atom is -0.230 e. The number of halogens is 6. The molecule has 0 spiro atoms. The van der Waals surface area contributed by atoms with E-state index in [4.69, 9.17) is 0 Å². The highest BCUT2D eigenvalue weighted by Crippen LogP contribution is 2.47. The molecule has 1 aliphatic carbocycles. The lowest BCUT2D eigenvalue weighted by Gasteiger charge is -2.32. The molecule has 0 amide bonds. The maximum Gasteiger partial charge on any atom is 0.426 e. The number of benzene rings is 1. The van der Waals surface area contributed by atoms with Crippen molar-refractivity contribution >= 4 is 0 Å². The molecule has 0 nitrogen and oxygen atoms in total. The van der Waals surface area contributed by atoms with Crippen LogP contribution in [0, 0.1) is 5.92 Å². The van der Waals surface area contributed by atoms with Crippen LogP contribution in [0.15, 0.2) is 24.3 Å². The van der Waals surface area contributed by atoms with Gasteiger partial charge < -0.3 is 0 Å². The zero-order valence-corrected chi connectivity index (χ0v) is 13.6. The highest BCUT2D eigenvalue weighted by Gasteiger charge is 2.58. The molecule has 1 atom stereocenters. The van der Waals surface area contributed by atoms with E-state index in [-0.39, 0.29) is 11.5 Å². The van der Waals surface area contributed by atoms with Crippen molar-refractivity contribution in [1.82, 2.24) is 0 Å². The average Bonchev–Trinajstić information content (AvgIpc) is 2.54. The molecule has 0 radical (unpaired) electrons. The fraction of sp³-hybridized carbons (Fsp3) is 0.667. The molecule has 0 N–H and O–H groups in total. The molecule has 136 valence electrons. The molecule has 6 heteroatoms. The lowest BCUT2D eigenvalue weighted by molar-refractivity contribution is -0.248. The van der Waals surface area contributed by atoms with Crippen LogP contribution in [0.2, 0.25) is 0 Å². The third-order valence-electron chi connectivity index (χ3n) is 4.91. The molecule has 0 aliphatic heterocycles. The minimum absolute atomic E-state index is 0.157. The van der Waals surface area contributed by atoms with Crippen LogP contribution in [0.4, 0.5) is 26.3 Å². The summed E-state index contributed by atoms with van der Waals surface area (Å²) in [6.07, 6.45) is -4.60. The van der Waals surface area contributed by atoms with Gasteiger partial charge in [-0.05, 0) is 43.1 Å². The lowest BCUT2D eigenvalue weighted by atomic mass is 9.75. The number of alkyl halides is 6. The summed E-state index contributed by atoms with van der Waals surface area (Å²) in [7, 11) is 0. The Labute approximate surface area is 138 Å². The van der Waals surface area contributed by atoms with Crippen molar-refractivity contribution in [3.8, 4) is 0 Å². The monoisotopic (exact) mass is 352 g/mol. The Morgan fingerprint density at radius 2 is 1.58 bits per heavy atom. The largest absolute Gasteiger partial charge is 0.426 e. The summed E-state index contributed by atoms with van der Waals surface area (Å²) < 4.78 is 79.2. The van der Waals surface area contributed by atoms with Crippen LogP contribution in [0.1, 0.15) is 62.5 Å². The molecule has 0 heterocycles. The quantitative estimate of drug-likeness (QED) is 0.514. The first-order chi connectivity index (χ1) is 11.2. The van der Waals surface area contributed by atoms with Crippen LogP contribution in [0.5, 0.6) is 0 Å². The summed E-state index contributed by atoms with van der Waals surface area (Å²) in [4.78, 5) is 0. The molecule has 1 aromatic carbocycles. The average molecular weight is 352 g/mol. The van der Waals surface area contributed by atoms with Crippen LogP contribution in [0.25, 0.3) is 0 Å². The first kappa shape index (κ1) is 19.1. The van der Waals surface area contributed by atoms with Gasteiger partial charge in [-0.15, -0.1) is 0 Å². The van der Waals surface area contributed by atoms with Gasteiger partial charge in [-0.25, -0.2) is 4.39 Å². The fourth-order valence-corrected chi connectivity index (χ4v) is 3.67. The SMILES string of the molecule is CCCC1CCC(c2ccccc2C(F)(F)C(F)C(F)(F)F)CC1. The lowest BCUT2D eigenvalue weighted by Crippen LogP contribution is -2.40. The number of hydrogen-bond donors (Lipinski definition) is 0. The smallest absolute Gasteiger partial charge is 0.230 e. The number of hydrogen-bond acceptors (Lipinski definition) is 0. The Morgan fingerprint density at radius 1 is 1.00 bits per heavy atom. The minimum atomic E-state index is -5.59. The molecule has 1 saturated carbocycles. The summed E-state index contributed by atoms with van der Waals surface area (Å²) in [6, 6.07) is 5.09. The zero-order chi connectivity index (χ0) is 18.0. The van der Waals surface area contributed by atoms with Crippen molar-refractivity contribution in [3.63, 3.8) is 0 Å². The first-order valence-corrected chi connectivity index (χ1v) is 8.35. The molecule has 1 fully saturated rings. The van der Waals surface area contributed by atoms with Gasteiger partial charge in [-0.2, -0.15) is 22.0 Å². The Morgan fingerprint density at radius 3 is 2.12 bits per heavy atom. The van der Waals surface area contributed by atoms with E-state index < -0.39 is 23.8 Å². The van der Waals surface area contributed by atoms with Gasteiger partial charge in [0.15, 0.2) is 0 Å². The molecular formula is C18H22F6. The van der Waals surface area contributed by atoms with Gasteiger partial charge >= 0.3 is 12.1 Å². The molecule has 0 aromatic heterocycles. The van der Waals surface area contributed by atoms with E-state index in [0.29, 0.717) is 18.8 Å². The number of rotatable bonds is 5. The summed E-state index contributed by atoms with van der Waals surface area (Å²) in [5, 5.41) is 0. The maximum atomic E-state index is 14.2. The standard InChI is InChI=1S/C18H22F6/c1-2-5-12-8-10-13(11-9-12)14-6-3-4-7-15(14)17(20,21)16(19)18(22,23)24/h3-4,6-7,12-13,16H,2,5,8-11H2,1H3. The van der Waals surface area contributed by atoms with Crippen molar-refractivity contribution in [2.45, 2.75) is 69.6 Å². The third kappa shape index (κ3) is 4.06. The van der Waals surface area contributed by atoms with Crippen molar-refractivity contribution in [2.75, 3.05) is 0 Å². The summed E-state index contributed by atoms with van der Waals surface area (Å²) in [6.45, 7) is 2.08. The Bertz CT molecular complexity index is 529. The Hall–Kier alpha value is -1.20. The molecule has 2 rings (SSSR count). The van der Waals surface area contributed by atoms with E-state index in [2.05, 4.69) is 6.92 Å². The van der Waals surface area contributed by atoms with E-state index in [0.717, 1.165) is 31.7 Å². The molecular weight excluding hydrogens is 330 g/mol. The van der Waals surface area contributed by atoms with Gasteiger partial charge in [0, 0.05) is 5.56 Å². The van der Waals surface area contributed by atoms with Gasteiger partial charge in [-0.3, -0.25) is 0 Å². The maximum absolute atomic E-state index is 14.2. The van der Waals surface area contributed by atoms with Crippen molar-refractivity contribution < 1.29 is 26.3 Å². The van der Waals surface area contributed by atoms with Crippen molar-refractivity contribution in [3.05, 3.63) is 35.4 Å². The molecule has 1 aromatic rings. The molecule has 1 aliphatic rings. The highest BCUT2D eigenvalue weighted by atomic mass is 19.4.